The predicted octanol–water partition coefficient (Wildman–Crippen LogP) is 2.39. The Labute approximate surface area is 94.4 Å². The minimum Gasteiger partial charge on any atom is -0.314 e. The average molecular weight is 210 g/mol. The van der Waals surface area contributed by atoms with E-state index in [0.717, 1.165) is 6.04 Å². The third-order valence-corrected chi connectivity index (χ3v) is 4.45. The minimum absolute atomic E-state index is 0.474. The maximum atomic E-state index is 3.61. The van der Waals surface area contributed by atoms with Crippen molar-refractivity contribution in [1.29, 1.82) is 0 Å². The van der Waals surface area contributed by atoms with Crippen LogP contribution in [0.1, 0.15) is 51.4 Å². The zero-order valence-corrected chi connectivity index (χ0v) is 10.4. The van der Waals surface area contributed by atoms with Gasteiger partial charge < -0.3 is 10.2 Å². The summed E-state index contributed by atoms with van der Waals surface area (Å²) in [5.41, 5.74) is 0.474. The van der Waals surface area contributed by atoms with Crippen molar-refractivity contribution in [3.63, 3.8) is 0 Å². The second-order valence-corrected chi connectivity index (χ2v) is 5.55. The van der Waals surface area contributed by atoms with E-state index in [0.29, 0.717) is 5.54 Å². The summed E-state index contributed by atoms with van der Waals surface area (Å²) >= 11 is 0. The Hall–Kier alpha value is -0.0800. The molecule has 0 saturated heterocycles. The summed E-state index contributed by atoms with van der Waals surface area (Å²) in [4.78, 5) is 2.56. The first-order chi connectivity index (χ1) is 7.26. The van der Waals surface area contributed by atoms with Crippen LogP contribution in [-0.4, -0.2) is 37.1 Å². The number of nitrogens with one attached hydrogen (secondary N) is 1. The zero-order valence-electron chi connectivity index (χ0n) is 10.4. The van der Waals surface area contributed by atoms with Crippen LogP contribution in [-0.2, 0) is 0 Å². The van der Waals surface area contributed by atoms with Gasteiger partial charge in [0.15, 0.2) is 0 Å². The van der Waals surface area contributed by atoms with Crippen LogP contribution in [0.25, 0.3) is 0 Å². The molecule has 0 aromatic carbocycles. The molecule has 2 heteroatoms. The highest BCUT2D eigenvalue weighted by Gasteiger charge is 2.32. The largest absolute Gasteiger partial charge is 0.314 e. The number of hydrogen-bond acceptors (Lipinski definition) is 2. The Morgan fingerprint density at radius 2 is 1.87 bits per heavy atom. The van der Waals surface area contributed by atoms with Crippen molar-refractivity contribution >= 4 is 0 Å². The molecule has 2 nitrogen and oxygen atoms in total. The van der Waals surface area contributed by atoms with Crippen LogP contribution in [0.3, 0.4) is 0 Å². The topological polar surface area (TPSA) is 15.3 Å². The van der Waals surface area contributed by atoms with Crippen LogP contribution in [0.2, 0.25) is 0 Å². The molecule has 0 heterocycles. The fourth-order valence-electron chi connectivity index (χ4n) is 2.94. The number of hydrogen-bond donors (Lipinski definition) is 1. The Morgan fingerprint density at radius 1 is 1.20 bits per heavy atom. The van der Waals surface area contributed by atoms with Crippen LogP contribution in [0, 0.1) is 0 Å². The van der Waals surface area contributed by atoms with Gasteiger partial charge in [-0.15, -0.1) is 0 Å². The molecule has 2 aliphatic rings. The SMILES string of the molecule is CNC1(CCN(C)C2CC2)CCCCC1. The first-order valence-corrected chi connectivity index (χ1v) is 6.65. The lowest BCUT2D eigenvalue weighted by Gasteiger charge is -2.38. The molecular weight excluding hydrogens is 184 g/mol. The highest BCUT2D eigenvalue weighted by atomic mass is 15.2. The second-order valence-electron chi connectivity index (χ2n) is 5.55. The van der Waals surface area contributed by atoms with Gasteiger partial charge in [0, 0.05) is 11.6 Å². The van der Waals surface area contributed by atoms with Gasteiger partial charge in [-0.3, -0.25) is 0 Å². The molecule has 2 fully saturated rings. The quantitative estimate of drug-likeness (QED) is 0.749. The Bertz CT molecular complexity index is 193. The summed E-state index contributed by atoms with van der Waals surface area (Å²) in [7, 11) is 4.45. The highest BCUT2D eigenvalue weighted by Crippen LogP contribution is 2.32. The Balaban J connectivity index is 1.78. The summed E-state index contributed by atoms with van der Waals surface area (Å²) in [6, 6.07) is 0.919. The molecule has 0 spiro atoms. The normalized spacial score (nSPS) is 25.8. The van der Waals surface area contributed by atoms with Gasteiger partial charge >= 0.3 is 0 Å². The fourth-order valence-corrected chi connectivity index (χ4v) is 2.94. The van der Waals surface area contributed by atoms with E-state index in [4.69, 9.17) is 0 Å². The molecule has 88 valence electrons. The van der Waals surface area contributed by atoms with E-state index in [9.17, 15) is 0 Å². The first kappa shape index (κ1) is 11.4. The van der Waals surface area contributed by atoms with E-state index >= 15 is 0 Å². The lowest BCUT2D eigenvalue weighted by molar-refractivity contribution is 0.194. The van der Waals surface area contributed by atoms with E-state index in [1.165, 1.54) is 57.9 Å². The molecule has 2 saturated carbocycles. The highest BCUT2D eigenvalue weighted by molar-refractivity contribution is 4.91. The van der Waals surface area contributed by atoms with E-state index in [1.54, 1.807) is 0 Å². The number of nitrogens with zero attached hydrogens (tertiary/aromatic N) is 1. The molecule has 0 atom stereocenters. The molecule has 0 radical (unpaired) electrons. The third-order valence-electron chi connectivity index (χ3n) is 4.45. The third kappa shape index (κ3) is 2.94. The van der Waals surface area contributed by atoms with Gasteiger partial charge in [0.1, 0.15) is 0 Å². The molecule has 0 aromatic heterocycles. The van der Waals surface area contributed by atoms with Crippen molar-refractivity contribution in [2.75, 3.05) is 20.6 Å². The van der Waals surface area contributed by atoms with Crippen LogP contribution in [0.4, 0.5) is 0 Å². The first-order valence-electron chi connectivity index (χ1n) is 6.65. The molecule has 0 amide bonds. The Morgan fingerprint density at radius 3 is 2.40 bits per heavy atom. The van der Waals surface area contributed by atoms with Crippen molar-refractivity contribution in [2.24, 2.45) is 0 Å². The molecule has 2 rings (SSSR count). The van der Waals surface area contributed by atoms with Gasteiger partial charge in [-0.1, -0.05) is 19.3 Å². The maximum Gasteiger partial charge on any atom is 0.0190 e. The van der Waals surface area contributed by atoms with Crippen LogP contribution in [0.15, 0.2) is 0 Å². The van der Waals surface area contributed by atoms with Crippen LogP contribution < -0.4 is 5.32 Å². The standard InChI is InChI=1S/C13H26N2/c1-14-13(8-4-3-5-9-13)10-11-15(2)12-6-7-12/h12,14H,3-11H2,1-2H3. The summed E-state index contributed by atoms with van der Waals surface area (Å²) in [6.07, 6.45) is 11.3. The monoisotopic (exact) mass is 210 g/mol. The van der Waals surface area contributed by atoms with E-state index in [-0.39, 0.29) is 0 Å². The summed E-state index contributed by atoms with van der Waals surface area (Å²) in [5, 5.41) is 3.61. The minimum atomic E-state index is 0.474. The van der Waals surface area contributed by atoms with Crippen molar-refractivity contribution in [3.8, 4) is 0 Å². The Kier molecular flexibility index (Phi) is 3.68. The van der Waals surface area contributed by atoms with Gasteiger partial charge in [0.2, 0.25) is 0 Å². The summed E-state index contributed by atoms with van der Waals surface area (Å²) in [6.45, 7) is 1.28. The fraction of sp³-hybridized carbons (Fsp3) is 1.00. The summed E-state index contributed by atoms with van der Waals surface area (Å²) in [5.74, 6) is 0. The lowest BCUT2D eigenvalue weighted by Crippen LogP contribution is -2.46. The lowest BCUT2D eigenvalue weighted by atomic mass is 9.79. The second kappa shape index (κ2) is 4.84. The zero-order chi connectivity index (χ0) is 10.7. The van der Waals surface area contributed by atoms with Gasteiger partial charge in [0.05, 0.1) is 0 Å². The van der Waals surface area contributed by atoms with Gasteiger partial charge in [-0.25, -0.2) is 0 Å². The van der Waals surface area contributed by atoms with Gasteiger partial charge in [0.25, 0.3) is 0 Å². The molecular formula is C13H26N2. The smallest absolute Gasteiger partial charge is 0.0190 e. The molecule has 0 bridgehead atoms. The molecule has 1 N–H and O–H groups in total. The number of rotatable bonds is 5. The van der Waals surface area contributed by atoms with Gasteiger partial charge in [-0.2, -0.15) is 0 Å². The summed E-state index contributed by atoms with van der Waals surface area (Å²) < 4.78 is 0. The molecule has 0 aliphatic heterocycles. The predicted molar refractivity (Wildman–Crippen MR) is 65.1 cm³/mol. The van der Waals surface area contributed by atoms with Crippen molar-refractivity contribution < 1.29 is 0 Å². The van der Waals surface area contributed by atoms with E-state index < -0.39 is 0 Å². The van der Waals surface area contributed by atoms with Gasteiger partial charge in [-0.05, 0) is 52.7 Å². The molecule has 0 unspecified atom stereocenters. The van der Waals surface area contributed by atoms with Crippen molar-refractivity contribution in [3.05, 3.63) is 0 Å². The van der Waals surface area contributed by atoms with Crippen molar-refractivity contribution in [2.45, 2.75) is 62.9 Å². The molecule has 15 heavy (non-hydrogen) atoms. The van der Waals surface area contributed by atoms with Crippen LogP contribution in [0.5, 0.6) is 0 Å². The van der Waals surface area contributed by atoms with E-state index in [2.05, 4.69) is 24.3 Å². The van der Waals surface area contributed by atoms with E-state index in [1.807, 2.05) is 0 Å². The molecule has 2 aliphatic carbocycles. The maximum absolute atomic E-state index is 3.61. The molecule has 0 aromatic rings. The van der Waals surface area contributed by atoms with Crippen molar-refractivity contribution in [1.82, 2.24) is 10.2 Å². The average Bonchev–Trinajstić information content (AvgIpc) is 3.11. The van der Waals surface area contributed by atoms with Crippen LogP contribution >= 0.6 is 0 Å².